The van der Waals surface area contributed by atoms with Crippen LogP contribution in [-0.2, 0) is 0 Å². The monoisotopic (exact) mass is 252 g/mol. The zero-order chi connectivity index (χ0) is 12.3. The molecule has 0 aliphatic carbocycles. The molecule has 0 radical (unpaired) electrons. The fraction of sp³-hybridized carbons (Fsp3) is 0.615. The molecule has 4 heteroatoms. The summed E-state index contributed by atoms with van der Waals surface area (Å²) in [6.45, 7) is 5.61. The van der Waals surface area contributed by atoms with Crippen LogP contribution in [0.3, 0.4) is 0 Å². The minimum absolute atomic E-state index is 0.566. The summed E-state index contributed by atoms with van der Waals surface area (Å²) in [6, 6.07) is 2.59. The van der Waals surface area contributed by atoms with Gasteiger partial charge in [-0.1, -0.05) is 6.92 Å². The molecule has 3 nitrogen and oxygen atoms in total. The van der Waals surface area contributed by atoms with E-state index in [4.69, 9.17) is 0 Å². The number of carbonyl (C=O) groups excluding carboxylic acids is 1. The molecule has 0 aromatic carbocycles. The predicted molar refractivity (Wildman–Crippen MR) is 73.2 cm³/mol. The van der Waals surface area contributed by atoms with Crippen LogP contribution in [0.25, 0.3) is 0 Å². The predicted octanol–water partition coefficient (Wildman–Crippen LogP) is 2.48. The lowest BCUT2D eigenvalue weighted by molar-refractivity contribution is 0.112. The number of aldehydes is 1. The van der Waals surface area contributed by atoms with E-state index in [1.54, 1.807) is 0 Å². The number of hydrogen-bond donors (Lipinski definition) is 0. The summed E-state index contributed by atoms with van der Waals surface area (Å²) < 4.78 is 0. The lowest BCUT2D eigenvalue weighted by Crippen LogP contribution is -2.39. The highest BCUT2D eigenvalue weighted by Crippen LogP contribution is 2.26. The summed E-state index contributed by atoms with van der Waals surface area (Å²) >= 11 is 1.54. The molecule has 1 fully saturated rings. The van der Waals surface area contributed by atoms with Gasteiger partial charge in [-0.3, -0.25) is 4.79 Å². The maximum Gasteiger partial charge on any atom is 0.160 e. The van der Waals surface area contributed by atoms with Crippen molar-refractivity contribution in [2.75, 3.05) is 31.6 Å². The fourth-order valence-corrected chi connectivity index (χ4v) is 3.19. The zero-order valence-electron chi connectivity index (χ0n) is 10.6. The van der Waals surface area contributed by atoms with Crippen LogP contribution < -0.4 is 4.90 Å². The number of nitrogens with zero attached hydrogens (tertiary/aromatic N) is 2. The quantitative estimate of drug-likeness (QED) is 0.772. The van der Waals surface area contributed by atoms with E-state index in [1.807, 2.05) is 6.07 Å². The number of rotatable bonds is 3. The highest BCUT2D eigenvalue weighted by atomic mass is 32.1. The van der Waals surface area contributed by atoms with Crippen molar-refractivity contribution in [1.29, 1.82) is 0 Å². The third kappa shape index (κ3) is 2.87. The van der Waals surface area contributed by atoms with Crippen LogP contribution >= 0.6 is 11.3 Å². The van der Waals surface area contributed by atoms with Crippen LogP contribution in [0.1, 0.15) is 29.4 Å². The Bertz CT molecular complexity index is 377. The number of thiophene rings is 1. The second-order valence-electron chi connectivity index (χ2n) is 4.70. The first-order valence-electron chi connectivity index (χ1n) is 6.23. The number of anilines is 1. The van der Waals surface area contributed by atoms with E-state index in [9.17, 15) is 4.79 Å². The molecule has 1 aromatic heterocycles. The van der Waals surface area contributed by atoms with E-state index < -0.39 is 0 Å². The molecule has 0 N–H and O–H groups in total. The average Bonchev–Trinajstić information content (AvgIpc) is 2.73. The zero-order valence-corrected chi connectivity index (χ0v) is 11.4. The van der Waals surface area contributed by atoms with Crippen molar-refractivity contribution in [3.05, 3.63) is 16.3 Å². The van der Waals surface area contributed by atoms with Crippen LogP contribution in [0, 0.1) is 0 Å². The van der Waals surface area contributed by atoms with E-state index in [-0.39, 0.29) is 0 Å². The molecule has 1 saturated heterocycles. The Morgan fingerprint density at radius 1 is 1.53 bits per heavy atom. The van der Waals surface area contributed by atoms with Crippen LogP contribution in [0.5, 0.6) is 0 Å². The van der Waals surface area contributed by atoms with Crippen molar-refractivity contribution in [3.8, 4) is 0 Å². The molecule has 2 heterocycles. The lowest BCUT2D eigenvalue weighted by atomic mass is 10.1. The molecule has 0 spiro atoms. The van der Waals surface area contributed by atoms with E-state index in [2.05, 4.69) is 29.2 Å². The summed E-state index contributed by atoms with van der Waals surface area (Å²) in [5, 5.41) is 2.11. The first-order valence-corrected chi connectivity index (χ1v) is 7.11. The van der Waals surface area contributed by atoms with Gasteiger partial charge in [0.05, 0.1) is 4.88 Å². The normalized spacial score (nSPS) is 22.5. The summed E-state index contributed by atoms with van der Waals surface area (Å²) in [5.41, 5.74) is 1.22. The van der Waals surface area contributed by atoms with Gasteiger partial charge in [-0.15, -0.1) is 11.3 Å². The molecule has 1 unspecified atom stereocenters. The van der Waals surface area contributed by atoms with E-state index in [0.29, 0.717) is 6.04 Å². The van der Waals surface area contributed by atoms with Gasteiger partial charge in [0.1, 0.15) is 0 Å². The Labute approximate surface area is 107 Å². The minimum Gasteiger partial charge on any atom is -0.367 e. The highest BCUT2D eigenvalue weighted by molar-refractivity contribution is 7.12. The Hall–Kier alpha value is -0.870. The van der Waals surface area contributed by atoms with Crippen molar-refractivity contribution >= 4 is 23.3 Å². The van der Waals surface area contributed by atoms with Crippen molar-refractivity contribution in [3.63, 3.8) is 0 Å². The van der Waals surface area contributed by atoms with Crippen LogP contribution in [0.4, 0.5) is 5.69 Å². The first kappa shape index (κ1) is 12.6. The molecule has 17 heavy (non-hydrogen) atoms. The van der Waals surface area contributed by atoms with Gasteiger partial charge in [0, 0.05) is 30.2 Å². The molecule has 1 atom stereocenters. The number of likely N-dealkylation sites (N-methyl/N-ethyl adjacent to an activating group) is 1. The summed E-state index contributed by atoms with van der Waals surface area (Å²) in [5.74, 6) is 0. The second-order valence-corrected chi connectivity index (χ2v) is 5.64. The van der Waals surface area contributed by atoms with Gasteiger partial charge in [0.2, 0.25) is 0 Å². The van der Waals surface area contributed by atoms with Gasteiger partial charge in [-0.25, -0.2) is 0 Å². The molecular weight excluding hydrogens is 232 g/mol. The van der Waals surface area contributed by atoms with E-state index >= 15 is 0 Å². The van der Waals surface area contributed by atoms with Gasteiger partial charge in [0.15, 0.2) is 6.29 Å². The molecular formula is C13H20N2OS. The van der Waals surface area contributed by atoms with Crippen molar-refractivity contribution in [1.82, 2.24) is 4.90 Å². The smallest absolute Gasteiger partial charge is 0.160 e. The summed E-state index contributed by atoms with van der Waals surface area (Å²) in [6.07, 6.45) is 3.29. The topological polar surface area (TPSA) is 23.6 Å². The molecule has 94 valence electrons. The van der Waals surface area contributed by atoms with Gasteiger partial charge >= 0.3 is 0 Å². The Balaban J connectivity index is 2.18. The molecule has 0 amide bonds. The Morgan fingerprint density at radius 3 is 3.00 bits per heavy atom. The SMILES string of the molecule is CCC1CN(C)CCCN1c1csc(C=O)c1. The standard InChI is InChI=1S/C13H20N2OS/c1-3-11-8-14(2)5-4-6-15(11)12-7-13(9-16)17-10-12/h7,9-11H,3-6,8H2,1-2H3. The van der Waals surface area contributed by atoms with E-state index in [1.165, 1.54) is 23.4 Å². The van der Waals surface area contributed by atoms with Crippen molar-refractivity contribution in [2.45, 2.75) is 25.8 Å². The molecule has 0 bridgehead atoms. The van der Waals surface area contributed by atoms with Gasteiger partial charge in [-0.2, -0.15) is 0 Å². The summed E-state index contributed by atoms with van der Waals surface area (Å²) in [4.78, 5) is 16.5. The third-order valence-electron chi connectivity index (χ3n) is 3.43. The van der Waals surface area contributed by atoms with E-state index in [0.717, 1.165) is 37.2 Å². The van der Waals surface area contributed by atoms with Crippen LogP contribution in [-0.4, -0.2) is 43.9 Å². The largest absolute Gasteiger partial charge is 0.367 e. The first-order chi connectivity index (χ1) is 8.24. The maximum atomic E-state index is 10.8. The maximum absolute atomic E-state index is 10.8. The molecule has 0 saturated carbocycles. The second kappa shape index (κ2) is 5.65. The minimum atomic E-state index is 0.566. The fourth-order valence-electron chi connectivity index (χ4n) is 2.49. The molecule has 1 aliphatic heterocycles. The molecule has 1 aliphatic rings. The van der Waals surface area contributed by atoms with Gasteiger partial charge < -0.3 is 9.80 Å². The number of carbonyl (C=O) groups is 1. The Morgan fingerprint density at radius 2 is 2.35 bits per heavy atom. The average molecular weight is 252 g/mol. The number of hydrogen-bond acceptors (Lipinski definition) is 4. The lowest BCUT2D eigenvalue weighted by Gasteiger charge is -2.31. The van der Waals surface area contributed by atoms with Crippen molar-refractivity contribution < 1.29 is 4.79 Å². The van der Waals surface area contributed by atoms with Crippen molar-refractivity contribution in [2.24, 2.45) is 0 Å². The van der Waals surface area contributed by atoms with Gasteiger partial charge in [-0.05, 0) is 32.5 Å². The molecule has 1 aromatic rings. The van der Waals surface area contributed by atoms with Gasteiger partial charge in [0.25, 0.3) is 0 Å². The highest BCUT2D eigenvalue weighted by Gasteiger charge is 2.22. The summed E-state index contributed by atoms with van der Waals surface area (Å²) in [7, 11) is 2.19. The van der Waals surface area contributed by atoms with Crippen LogP contribution in [0.2, 0.25) is 0 Å². The van der Waals surface area contributed by atoms with Crippen LogP contribution in [0.15, 0.2) is 11.4 Å². The third-order valence-corrected chi connectivity index (χ3v) is 4.27. The Kier molecular flexibility index (Phi) is 4.18. The molecule has 2 rings (SSSR count).